The lowest BCUT2D eigenvalue weighted by atomic mass is 10.2. The molecule has 1 aromatic carbocycles. The Morgan fingerprint density at radius 1 is 1.36 bits per heavy atom. The van der Waals surface area contributed by atoms with Crippen LogP contribution in [0.1, 0.15) is 17.7 Å². The molecule has 1 aromatic heterocycles. The number of hydrogen-bond acceptors (Lipinski definition) is 5. The first-order valence-electron chi connectivity index (χ1n) is 7.68. The Balaban J connectivity index is 1.58. The first-order chi connectivity index (χ1) is 12.0. The molecule has 1 aliphatic rings. The highest BCUT2D eigenvalue weighted by Crippen LogP contribution is 2.32. The zero-order chi connectivity index (χ0) is 17.8. The predicted molar refractivity (Wildman–Crippen MR) is 103 cm³/mol. The number of hydrogen-bond donors (Lipinski definition) is 1. The van der Waals surface area contributed by atoms with Gasteiger partial charge >= 0.3 is 0 Å². The quantitative estimate of drug-likeness (QED) is 0.639. The van der Waals surface area contributed by atoms with Gasteiger partial charge in [0, 0.05) is 24.7 Å². The molecule has 1 fully saturated rings. The van der Waals surface area contributed by atoms with Crippen molar-refractivity contribution in [2.75, 3.05) is 11.9 Å². The number of carbonyl (C=O) groups is 2. The molecule has 0 bridgehead atoms. The van der Waals surface area contributed by atoms with Gasteiger partial charge in [0.2, 0.25) is 5.91 Å². The van der Waals surface area contributed by atoms with Crippen molar-refractivity contribution in [2.45, 2.75) is 13.3 Å². The number of nitrogens with one attached hydrogen (secondary N) is 1. The summed E-state index contributed by atoms with van der Waals surface area (Å²) in [7, 11) is 0. The van der Waals surface area contributed by atoms with Crippen LogP contribution in [0.2, 0.25) is 0 Å². The van der Waals surface area contributed by atoms with Crippen molar-refractivity contribution >= 4 is 51.9 Å². The van der Waals surface area contributed by atoms with Crippen LogP contribution in [0.4, 0.5) is 5.69 Å². The molecule has 7 heteroatoms. The summed E-state index contributed by atoms with van der Waals surface area (Å²) >= 11 is 6.47. The number of furan rings is 1. The number of anilines is 1. The Kier molecular flexibility index (Phi) is 5.35. The lowest BCUT2D eigenvalue weighted by Gasteiger charge is -2.14. The van der Waals surface area contributed by atoms with Crippen molar-refractivity contribution < 1.29 is 14.0 Å². The van der Waals surface area contributed by atoms with Crippen LogP contribution in [0.15, 0.2) is 52.0 Å². The molecule has 1 aliphatic heterocycles. The number of thioether (sulfide) groups is 1. The lowest BCUT2D eigenvalue weighted by Crippen LogP contribution is -2.31. The molecule has 1 saturated heterocycles. The van der Waals surface area contributed by atoms with Crippen LogP contribution in [0.25, 0.3) is 6.08 Å². The van der Waals surface area contributed by atoms with Crippen LogP contribution in [-0.4, -0.2) is 27.6 Å². The molecule has 1 N–H and O–H groups in total. The maximum absolute atomic E-state index is 12.4. The number of amides is 2. The molecule has 25 heavy (non-hydrogen) atoms. The van der Waals surface area contributed by atoms with Gasteiger partial charge in [0.1, 0.15) is 10.1 Å². The Morgan fingerprint density at radius 2 is 2.20 bits per heavy atom. The van der Waals surface area contributed by atoms with Crippen molar-refractivity contribution in [1.82, 2.24) is 4.90 Å². The van der Waals surface area contributed by atoms with Gasteiger partial charge in [-0.2, -0.15) is 0 Å². The van der Waals surface area contributed by atoms with Crippen molar-refractivity contribution in [1.29, 1.82) is 0 Å². The molecule has 0 unspecified atom stereocenters. The fraction of sp³-hybridized carbons (Fsp3) is 0.167. The van der Waals surface area contributed by atoms with Gasteiger partial charge in [0.05, 0.1) is 11.2 Å². The summed E-state index contributed by atoms with van der Waals surface area (Å²) in [5.74, 6) is 0.238. The summed E-state index contributed by atoms with van der Waals surface area (Å²) in [6.45, 7) is 2.21. The summed E-state index contributed by atoms with van der Waals surface area (Å²) in [5, 5.41) is 2.83. The normalized spacial score (nSPS) is 15.9. The number of benzene rings is 1. The van der Waals surface area contributed by atoms with E-state index in [9.17, 15) is 9.59 Å². The Labute approximate surface area is 155 Å². The highest BCUT2D eigenvalue weighted by atomic mass is 32.2. The van der Waals surface area contributed by atoms with Crippen LogP contribution in [0, 0.1) is 6.92 Å². The SMILES string of the molecule is Cc1cccc(NC(=O)CCN2C(=O)/C(=C\c3ccco3)SC2=S)c1. The third-order valence-electron chi connectivity index (χ3n) is 3.55. The van der Waals surface area contributed by atoms with E-state index in [-0.39, 0.29) is 24.8 Å². The molecule has 0 radical (unpaired) electrons. The average Bonchev–Trinajstić information content (AvgIpc) is 3.15. The molecule has 3 rings (SSSR count). The van der Waals surface area contributed by atoms with Gasteiger partial charge in [-0.3, -0.25) is 14.5 Å². The second-order valence-electron chi connectivity index (χ2n) is 5.52. The molecule has 0 saturated carbocycles. The zero-order valence-corrected chi connectivity index (χ0v) is 15.2. The summed E-state index contributed by atoms with van der Waals surface area (Å²) < 4.78 is 5.67. The number of aryl methyl sites for hydroxylation is 1. The highest BCUT2D eigenvalue weighted by Gasteiger charge is 2.32. The monoisotopic (exact) mass is 372 g/mol. The summed E-state index contributed by atoms with van der Waals surface area (Å²) in [4.78, 5) is 26.5. The molecule has 128 valence electrons. The maximum atomic E-state index is 12.4. The molecular weight excluding hydrogens is 356 g/mol. The van der Waals surface area contributed by atoms with Crippen LogP contribution in [0.5, 0.6) is 0 Å². The van der Waals surface area contributed by atoms with E-state index in [0.29, 0.717) is 15.0 Å². The van der Waals surface area contributed by atoms with Crippen LogP contribution >= 0.6 is 24.0 Å². The number of carbonyl (C=O) groups excluding carboxylic acids is 2. The van der Waals surface area contributed by atoms with E-state index in [2.05, 4.69) is 5.32 Å². The zero-order valence-electron chi connectivity index (χ0n) is 13.5. The minimum absolute atomic E-state index is 0.158. The first-order valence-corrected chi connectivity index (χ1v) is 8.91. The second kappa shape index (κ2) is 7.67. The molecule has 5 nitrogen and oxygen atoms in total. The van der Waals surface area contributed by atoms with E-state index >= 15 is 0 Å². The Bertz CT molecular complexity index is 844. The third kappa shape index (κ3) is 4.37. The van der Waals surface area contributed by atoms with Gasteiger partial charge in [-0.05, 0) is 36.8 Å². The molecule has 2 heterocycles. The minimum atomic E-state index is -0.199. The van der Waals surface area contributed by atoms with E-state index in [4.69, 9.17) is 16.6 Å². The van der Waals surface area contributed by atoms with Gasteiger partial charge in [-0.25, -0.2) is 0 Å². The van der Waals surface area contributed by atoms with Crippen molar-refractivity contribution in [3.8, 4) is 0 Å². The second-order valence-corrected chi connectivity index (χ2v) is 7.19. The molecule has 2 amide bonds. The molecule has 0 aliphatic carbocycles. The Hall–Kier alpha value is -2.38. The fourth-order valence-electron chi connectivity index (χ4n) is 2.36. The summed E-state index contributed by atoms with van der Waals surface area (Å²) in [6.07, 6.45) is 3.38. The van der Waals surface area contributed by atoms with E-state index in [1.54, 1.807) is 24.5 Å². The largest absolute Gasteiger partial charge is 0.465 e. The molecular formula is C18H16N2O3S2. The minimum Gasteiger partial charge on any atom is -0.465 e. The lowest BCUT2D eigenvalue weighted by molar-refractivity contribution is -0.122. The van der Waals surface area contributed by atoms with Crippen LogP contribution in [-0.2, 0) is 9.59 Å². The van der Waals surface area contributed by atoms with Gasteiger partial charge in [-0.15, -0.1) is 0 Å². The standard InChI is InChI=1S/C18H16N2O3S2/c1-12-4-2-5-13(10-12)19-16(21)7-8-20-17(22)15(25-18(20)24)11-14-6-3-9-23-14/h2-6,9-11H,7-8H2,1H3,(H,19,21)/b15-11+. The number of thiocarbonyl (C=S) groups is 1. The fourth-order valence-corrected chi connectivity index (χ4v) is 3.64. The van der Waals surface area contributed by atoms with Crippen LogP contribution in [0.3, 0.4) is 0 Å². The summed E-state index contributed by atoms with van der Waals surface area (Å²) in [5.41, 5.74) is 1.81. The van der Waals surface area contributed by atoms with Crippen molar-refractivity contribution in [3.05, 3.63) is 58.9 Å². The van der Waals surface area contributed by atoms with Gasteiger partial charge in [0.25, 0.3) is 5.91 Å². The average molecular weight is 372 g/mol. The van der Waals surface area contributed by atoms with E-state index in [1.165, 1.54) is 16.7 Å². The Morgan fingerprint density at radius 3 is 2.92 bits per heavy atom. The van der Waals surface area contributed by atoms with E-state index < -0.39 is 0 Å². The topological polar surface area (TPSA) is 62.6 Å². The van der Waals surface area contributed by atoms with Crippen molar-refractivity contribution in [3.63, 3.8) is 0 Å². The molecule has 0 atom stereocenters. The number of nitrogens with zero attached hydrogens (tertiary/aromatic N) is 1. The summed E-state index contributed by atoms with van der Waals surface area (Å²) in [6, 6.07) is 11.1. The van der Waals surface area contributed by atoms with Crippen LogP contribution < -0.4 is 5.32 Å². The van der Waals surface area contributed by atoms with Crippen molar-refractivity contribution in [2.24, 2.45) is 0 Å². The molecule has 2 aromatic rings. The van der Waals surface area contributed by atoms with E-state index in [0.717, 1.165) is 11.3 Å². The maximum Gasteiger partial charge on any atom is 0.266 e. The number of rotatable bonds is 5. The van der Waals surface area contributed by atoms with Gasteiger partial charge < -0.3 is 9.73 Å². The van der Waals surface area contributed by atoms with Gasteiger partial charge in [-0.1, -0.05) is 36.1 Å². The third-order valence-corrected chi connectivity index (χ3v) is 4.93. The molecule has 0 spiro atoms. The van der Waals surface area contributed by atoms with E-state index in [1.807, 2.05) is 31.2 Å². The van der Waals surface area contributed by atoms with Gasteiger partial charge in [0.15, 0.2) is 0 Å². The smallest absolute Gasteiger partial charge is 0.266 e. The predicted octanol–water partition coefficient (Wildman–Crippen LogP) is 3.82. The highest BCUT2D eigenvalue weighted by molar-refractivity contribution is 8.26. The first kappa shape index (κ1) is 17.4.